The van der Waals surface area contributed by atoms with Gasteiger partial charge in [0.25, 0.3) is 0 Å². The van der Waals surface area contributed by atoms with Gasteiger partial charge in [-0.3, -0.25) is 14.4 Å². The van der Waals surface area contributed by atoms with Gasteiger partial charge in [-0.15, -0.1) is 0 Å². The molecule has 0 aliphatic carbocycles. The topological polar surface area (TPSA) is 78.9 Å². The number of unbranched alkanes of at least 4 members (excludes halogenated alkanes) is 21. The van der Waals surface area contributed by atoms with Gasteiger partial charge >= 0.3 is 17.9 Å². The standard InChI is InChI=1S/C51H88O6/c1-4-7-10-13-16-19-21-23-24-25-26-27-28-30-32-35-38-41-44-50(53)56-47-48(46-55-49(52)43-40-37-34-31-18-15-12-9-6-3)57-51(54)45-42-39-36-33-29-22-20-17-14-11-8-5-2/h8,11,17,20,26-27,29,31,33-34,48H,4-7,9-10,12-16,18-19,21-25,28,30,32,35-47H2,1-3H3/b11-8-,20-17-,27-26-,33-29-,34-31-. The van der Waals surface area contributed by atoms with E-state index in [1.165, 1.54) is 103 Å². The SMILES string of the molecule is CC/C=C\C/C=C\C/C=C\CCCCC(=O)OC(COC(=O)CCC/C=C\CCCCCC)COC(=O)CCCCCCC/C=C\CCCCCCCCCCC. The zero-order chi connectivity index (χ0) is 41.5. The number of allylic oxidation sites excluding steroid dienone is 10. The monoisotopic (exact) mass is 797 g/mol. The maximum atomic E-state index is 12.7. The molecular weight excluding hydrogens is 709 g/mol. The average molecular weight is 797 g/mol. The zero-order valence-electron chi connectivity index (χ0n) is 37.3. The second-order valence-corrected chi connectivity index (χ2v) is 15.6. The Balaban J connectivity index is 4.38. The first kappa shape index (κ1) is 54.1. The lowest BCUT2D eigenvalue weighted by Gasteiger charge is -2.18. The Hall–Kier alpha value is -2.89. The molecule has 0 aromatic rings. The van der Waals surface area contributed by atoms with Crippen molar-refractivity contribution in [3.63, 3.8) is 0 Å². The first-order chi connectivity index (χ1) is 28.0. The van der Waals surface area contributed by atoms with E-state index in [0.717, 1.165) is 70.6 Å². The summed E-state index contributed by atoms with van der Waals surface area (Å²) in [5.41, 5.74) is 0. The fourth-order valence-electron chi connectivity index (χ4n) is 6.39. The molecule has 0 saturated carbocycles. The highest BCUT2D eigenvalue weighted by molar-refractivity contribution is 5.71. The summed E-state index contributed by atoms with van der Waals surface area (Å²) in [5, 5.41) is 0. The maximum Gasteiger partial charge on any atom is 0.306 e. The van der Waals surface area contributed by atoms with Crippen LogP contribution in [-0.4, -0.2) is 37.2 Å². The van der Waals surface area contributed by atoms with Crippen LogP contribution in [-0.2, 0) is 28.6 Å². The molecule has 0 aliphatic rings. The highest BCUT2D eigenvalue weighted by Gasteiger charge is 2.19. The molecule has 0 heterocycles. The molecule has 0 aromatic heterocycles. The van der Waals surface area contributed by atoms with E-state index in [0.29, 0.717) is 25.7 Å². The lowest BCUT2D eigenvalue weighted by molar-refractivity contribution is -0.167. The van der Waals surface area contributed by atoms with Gasteiger partial charge < -0.3 is 14.2 Å². The lowest BCUT2D eigenvalue weighted by Crippen LogP contribution is -2.30. The molecule has 0 aliphatic heterocycles. The van der Waals surface area contributed by atoms with Crippen LogP contribution in [0.1, 0.15) is 226 Å². The molecule has 0 rings (SSSR count). The average Bonchev–Trinajstić information content (AvgIpc) is 3.21. The van der Waals surface area contributed by atoms with Gasteiger partial charge in [0.05, 0.1) is 0 Å². The minimum Gasteiger partial charge on any atom is -0.462 e. The Bertz CT molecular complexity index is 1050. The Morgan fingerprint density at radius 1 is 0.368 bits per heavy atom. The Morgan fingerprint density at radius 2 is 0.702 bits per heavy atom. The van der Waals surface area contributed by atoms with Gasteiger partial charge in [0.15, 0.2) is 6.10 Å². The fourth-order valence-corrected chi connectivity index (χ4v) is 6.39. The van der Waals surface area contributed by atoms with Crippen LogP contribution in [0.15, 0.2) is 60.8 Å². The smallest absolute Gasteiger partial charge is 0.306 e. The fraction of sp³-hybridized carbons (Fsp3) is 0.745. The van der Waals surface area contributed by atoms with Gasteiger partial charge in [0, 0.05) is 19.3 Å². The van der Waals surface area contributed by atoms with Crippen molar-refractivity contribution in [2.45, 2.75) is 232 Å². The van der Waals surface area contributed by atoms with Gasteiger partial charge in [0.2, 0.25) is 0 Å². The minimum atomic E-state index is -0.805. The highest BCUT2D eigenvalue weighted by atomic mass is 16.6. The van der Waals surface area contributed by atoms with Gasteiger partial charge in [-0.25, -0.2) is 0 Å². The van der Waals surface area contributed by atoms with Gasteiger partial charge in [-0.05, 0) is 96.3 Å². The molecule has 0 N–H and O–H groups in total. The summed E-state index contributed by atoms with van der Waals surface area (Å²) >= 11 is 0. The number of hydrogen-bond donors (Lipinski definition) is 0. The second-order valence-electron chi connectivity index (χ2n) is 15.6. The number of esters is 3. The highest BCUT2D eigenvalue weighted by Crippen LogP contribution is 2.13. The summed E-state index contributed by atoms with van der Waals surface area (Å²) in [7, 11) is 0. The minimum absolute atomic E-state index is 0.103. The van der Waals surface area contributed by atoms with E-state index >= 15 is 0 Å². The molecule has 57 heavy (non-hydrogen) atoms. The second kappa shape index (κ2) is 45.8. The lowest BCUT2D eigenvalue weighted by atomic mass is 10.1. The van der Waals surface area contributed by atoms with Crippen LogP contribution < -0.4 is 0 Å². The number of hydrogen-bond acceptors (Lipinski definition) is 6. The molecule has 328 valence electrons. The normalized spacial score (nSPS) is 12.5. The Kier molecular flexibility index (Phi) is 43.5. The summed E-state index contributed by atoms with van der Waals surface area (Å²) in [6.45, 7) is 6.41. The Labute approximate surface area is 351 Å². The molecule has 0 radical (unpaired) electrons. The van der Waals surface area contributed by atoms with Crippen molar-refractivity contribution < 1.29 is 28.6 Å². The quantitative estimate of drug-likeness (QED) is 0.0265. The number of rotatable bonds is 42. The van der Waals surface area contributed by atoms with Crippen molar-refractivity contribution >= 4 is 17.9 Å². The summed E-state index contributed by atoms with van der Waals surface area (Å²) < 4.78 is 16.6. The molecule has 6 heteroatoms. The third-order valence-electron chi connectivity index (χ3n) is 9.98. The summed E-state index contributed by atoms with van der Waals surface area (Å²) in [5.74, 6) is -0.990. The number of carbonyl (C=O) groups is 3. The first-order valence-corrected chi connectivity index (χ1v) is 23.8. The summed E-state index contributed by atoms with van der Waals surface area (Å²) in [4.78, 5) is 37.7. The first-order valence-electron chi connectivity index (χ1n) is 23.8. The Morgan fingerprint density at radius 3 is 1.21 bits per heavy atom. The predicted octanol–water partition coefficient (Wildman–Crippen LogP) is 15.3. The van der Waals surface area contributed by atoms with Crippen LogP contribution in [0.4, 0.5) is 0 Å². The molecule has 0 spiro atoms. The van der Waals surface area contributed by atoms with Crippen LogP contribution in [0.2, 0.25) is 0 Å². The molecule has 1 unspecified atom stereocenters. The molecule has 1 atom stereocenters. The molecule has 0 amide bonds. The zero-order valence-corrected chi connectivity index (χ0v) is 37.3. The molecule has 0 bridgehead atoms. The van der Waals surface area contributed by atoms with E-state index in [2.05, 4.69) is 81.5 Å². The van der Waals surface area contributed by atoms with Crippen LogP contribution in [0.5, 0.6) is 0 Å². The summed E-state index contributed by atoms with van der Waals surface area (Å²) in [6, 6.07) is 0. The van der Waals surface area contributed by atoms with E-state index < -0.39 is 6.10 Å². The van der Waals surface area contributed by atoms with E-state index in [1.807, 2.05) is 0 Å². The van der Waals surface area contributed by atoms with E-state index in [-0.39, 0.29) is 37.5 Å². The largest absolute Gasteiger partial charge is 0.462 e. The van der Waals surface area contributed by atoms with E-state index in [4.69, 9.17) is 14.2 Å². The molecule has 0 aromatic carbocycles. The van der Waals surface area contributed by atoms with E-state index in [9.17, 15) is 14.4 Å². The van der Waals surface area contributed by atoms with Crippen molar-refractivity contribution in [2.75, 3.05) is 13.2 Å². The van der Waals surface area contributed by atoms with Crippen LogP contribution in [0.3, 0.4) is 0 Å². The third kappa shape index (κ3) is 44.1. The molecule has 6 nitrogen and oxygen atoms in total. The van der Waals surface area contributed by atoms with E-state index in [1.54, 1.807) is 0 Å². The van der Waals surface area contributed by atoms with Crippen LogP contribution in [0, 0.1) is 0 Å². The summed E-state index contributed by atoms with van der Waals surface area (Å²) in [6.07, 6.45) is 55.1. The number of carbonyl (C=O) groups excluding carboxylic acids is 3. The van der Waals surface area contributed by atoms with Gasteiger partial charge in [-0.2, -0.15) is 0 Å². The molecule has 0 fully saturated rings. The molecule has 0 saturated heterocycles. The van der Waals surface area contributed by atoms with Crippen molar-refractivity contribution in [3.8, 4) is 0 Å². The van der Waals surface area contributed by atoms with Gasteiger partial charge in [0.1, 0.15) is 13.2 Å². The maximum absolute atomic E-state index is 12.7. The third-order valence-corrected chi connectivity index (χ3v) is 9.98. The predicted molar refractivity (Wildman–Crippen MR) is 242 cm³/mol. The van der Waals surface area contributed by atoms with Crippen molar-refractivity contribution in [1.29, 1.82) is 0 Å². The van der Waals surface area contributed by atoms with Gasteiger partial charge in [-0.1, -0.05) is 171 Å². The number of ether oxygens (including phenoxy) is 3. The van der Waals surface area contributed by atoms with Crippen molar-refractivity contribution in [1.82, 2.24) is 0 Å². The van der Waals surface area contributed by atoms with Crippen LogP contribution >= 0.6 is 0 Å². The van der Waals surface area contributed by atoms with Crippen LogP contribution in [0.25, 0.3) is 0 Å². The van der Waals surface area contributed by atoms with Crippen molar-refractivity contribution in [3.05, 3.63) is 60.8 Å². The molecular formula is C51H88O6. The van der Waals surface area contributed by atoms with Crippen molar-refractivity contribution in [2.24, 2.45) is 0 Å².